The second kappa shape index (κ2) is 5.96. The summed E-state index contributed by atoms with van der Waals surface area (Å²) in [6, 6.07) is 0.208. The average Bonchev–Trinajstić information content (AvgIpc) is 1.97. The van der Waals surface area contributed by atoms with Crippen molar-refractivity contribution in [1.82, 2.24) is 4.90 Å². The first-order valence-electron chi connectivity index (χ1n) is 4.92. The molecule has 0 aromatic heterocycles. The molecule has 82 valence electrons. The first-order valence-corrected chi connectivity index (χ1v) is 5.33. The maximum absolute atomic E-state index is 11.7. The fraction of sp³-hybridized carbons (Fsp3) is 0.800. The van der Waals surface area contributed by atoms with Crippen LogP contribution in [0.3, 0.4) is 0 Å². The lowest BCUT2D eigenvalue weighted by atomic mass is 10.1. The number of thiocarbonyl (C=S) groups is 1. The van der Waals surface area contributed by atoms with E-state index < -0.39 is 0 Å². The zero-order valence-corrected chi connectivity index (χ0v) is 10.2. The van der Waals surface area contributed by atoms with Gasteiger partial charge in [0.1, 0.15) is 0 Å². The summed E-state index contributed by atoms with van der Waals surface area (Å²) in [6.07, 6.45) is 0.181. The molecule has 0 aliphatic rings. The number of carbonyl (C=O) groups excluding carboxylic acids is 1. The molecule has 0 saturated carbocycles. The van der Waals surface area contributed by atoms with Gasteiger partial charge >= 0.3 is 0 Å². The Bertz CT molecular complexity index is 214. The van der Waals surface area contributed by atoms with Crippen LogP contribution in [0.1, 0.15) is 34.1 Å². The van der Waals surface area contributed by atoms with Crippen LogP contribution in [0, 0.1) is 5.92 Å². The molecular weight excluding hydrogens is 196 g/mol. The minimum Gasteiger partial charge on any atom is -0.393 e. The Morgan fingerprint density at radius 1 is 1.36 bits per heavy atom. The summed E-state index contributed by atoms with van der Waals surface area (Å²) < 4.78 is 0. The van der Waals surface area contributed by atoms with Gasteiger partial charge in [-0.1, -0.05) is 26.1 Å². The molecule has 14 heavy (non-hydrogen) atoms. The van der Waals surface area contributed by atoms with E-state index in [0.717, 1.165) is 6.54 Å². The van der Waals surface area contributed by atoms with Crippen LogP contribution in [0.25, 0.3) is 0 Å². The Kier molecular flexibility index (Phi) is 5.69. The molecule has 0 radical (unpaired) electrons. The third-order valence-electron chi connectivity index (χ3n) is 1.83. The number of amides is 1. The number of nitrogens with zero attached hydrogens (tertiary/aromatic N) is 1. The quantitative estimate of drug-likeness (QED) is 0.709. The van der Waals surface area contributed by atoms with Crippen molar-refractivity contribution in [3.63, 3.8) is 0 Å². The Morgan fingerprint density at radius 2 is 1.86 bits per heavy atom. The lowest BCUT2D eigenvalue weighted by molar-refractivity contribution is -0.132. The van der Waals surface area contributed by atoms with E-state index in [0.29, 0.717) is 5.92 Å². The van der Waals surface area contributed by atoms with Crippen LogP contribution >= 0.6 is 12.2 Å². The topological polar surface area (TPSA) is 46.3 Å². The summed E-state index contributed by atoms with van der Waals surface area (Å²) in [7, 11) is 0. The Morgan fingerprint density at radius 3 is 2.14 bits per heavy atom. The lowest BCUT2D eigenvalue weighted by Gasteiger charge is -2.28. The zero-order chi connectivity index (χ0) is 11.3. The van der Waals surface area contributed by atoms with E-state index in [4.69, 9.17) is 18.0 Å². The molecule has 3 nitrogen and oxygen atoms in total. The minimum atomic E-state index is 0.0289. The minimum absolute atomic E-state index is 0.0289. The predicted molar refractivity (Wildman–Crippen MR) is 63.1 cm³/mol. The number of hydrogen-bond donors (Lipinski definition) is 1. The van der Waals surface area contributed by atoms with Crippen molar-refractivity contribution in [2.45, 2.75) is 40.2 Å². The standard InChI is InChI=1S/C10H20N2OS/c1-7(2)6-12(8(3)4)10(13)5-9(11)14/h7-8H,5-6H2,1-4H3,(H2,11,14). The van der Waals surface area contributed by atoms with Crippen LogP contribution in [-0.4, -0.2) is 28.4 Å². The lowest BCUT2D eigenvalue weighted by Crippen LogP contribution is -2.40. The molecule has 0 aliphatic carbocycles. The summed E-state index contributed by atoms with van der Waals surface area (Å²) in [5.74, 6) is 0.494. The van der Waals surface area contributed by atoms with Gasteiger partial charge in [0.25, 0.3) is 0 Å². The summed E-state index contributed by atoms with van der Waals surface area (Å²) in [5, 5.41) is 0. The highest BCUT2D eigenvalue weighted by Gasteiger charge is 2.18. The Balaban J connectivity index is 4.33. The normalized spacial score (nSPS) is 10.7. The second-order valence-electron chi connectivity index (χ2n) is 4.18. The van der Waals surface area contributed by atoms with Gasteiger partial charge in [0, 0.05) is 12.6 Å². The zero-order valence-electron chi connectivity index (χ0n) is 9.41. The van der Waals surface area contributed by atoms with E-state index in [9.17, 15) is 4.79 Å². The van der Waals surface area contributed by atoms with E-state index in [1.165, 1.54) is 0 Å². The molecule has 2 N–H and O–H groups in total. The molecule has 0 rings (SSSR count). The van der Waals surface area contributed by atoms with Gasteiger partial charge in [-0.3, -0.25) is 4.79 Å². The first kappa shape index (κ1) is 13.4. The van der Waals surface area contributed by atoms with Gasteiger partial charge in [-0.25, -0.2) is 0 Å². The monoisotopic (exact) mass is 216 g/mol. The summed E-state index contributed by atoms with van der Waals surface area (Å²) >= 11 is 4.72. The highest BCUT2D eigenvalue weighted by molar-refractivity contribution is 7.80. The van der Waals surface area contributed by atoms with Crippen molar-refractivity contribution in [2.24, 2.45) is 11.7 Å². The maximum atomic E-state index is 11.7. The molecule has 0 atom stereocenters. The average molecular weight is 216 g/mol. The van der Waals surface area contributed by atoms with Crippen molar-refractivity contribution in [2.75, 3.05) is 6.54 Å². The largest absolute Gasteiger partial charge is 0.393 e. The number of rotatable bonds is 5. The van der Waals surface area contributed by atoms with Crippen LogP contribution in [0.2, 0.25) is 0 Å². The van der Waals surface area contributed by atoms with E-state index in [1.54, 1.807) is 0 Å². The summed E-state index contributed by atoms with van der Waals surface area (Å²) in [4.78, 5) is 13.8. The summed E-state index contributed by atoms with van der Waals surface area (Å²) in [5.41, 5.74) is 5.35. The smallest absolute Gasteiger partial charge is 0.229 e. The SMILES string of the molecule is CC(C)CN(C(=O)CC(N)=S)C(C)C. The fourth-order valence-electron chi connectivity index (χ4n) is 1.24. The van der Waals surface area contributed by atoms with Crippen molar-refractivity contribution in [3.05, 3.63) is 0 Å². The molecule has 0 aromatic carbocycles. The highest BCUT2D eigenvalue weighted by atomic mass is 32.1. The van der Waals surface area contributed by atoms with Gasteiger partial charge in [-0.2, -0.15) is 0 Å². The molecule has 0 aromatic rings. The molecular formula is C10H20N2OS. The van der Waals surface area contributed by atoms with Crippen LogP contribution in [0.4, 0.5) is 0 Å². The molecule has 0 heterocycles. The van der Waals surface area contributed by atoms with E-state index in [1.807, 2.05) is 18.7 Å². The van der Waals surface area contributed by atoms with Crippen molar-refractivity contribution >= 4 is 23.1 Å². The third kappa shape index (κ3) is 5.17. The maximum Gasteiger partial charge on any atom is 0.229 e. The van der Waals surface area contributed by atoms with E-state index in [-0.39, 0.29) is 23.4 Å². The molecule has 1 amide bonds. The predicted octanol–water partition coefficient (Wildman–Crippen LogP) is 1.56. The molecule has 4 heteroatoms. The summed E-state index contributed by atoms with van der Waals surface area (Å²) in [6.45, 7) is 8.94. The van der Waals surface area contributed by atoms with Crippen LogP contribution in [0.5, 0.6) is 0 Å². The van der Waals surface area contributed by atoms with Crippen molar-refractivity contribution in [3.8, 4) is 0 Å². The van der Waals surface area contributed by atoms with Gasteiger partial charge in [0.05, 0.1) is 11.4 Å². The number of hydrogen-bond acceptors (Lipinski definition) is 2. The molecule has 0 unspecified atom stereocenters. The van der Waals surface area contributed by atoms with E-state index >= 15 is 0 Å². The number of nitrogens with two attached hydrogens (primary N) is 1. The first-order chi connectivity index (χ1) is 6.34. The molecule has 0 spiro atoms. The molecule has 0 bridgehead atoms. The Hall–Kier alpha value is -0.640. The molecule has 0 fully saturated rings. The van der Waals surface area contributed by atoms with E-state index in [2.05, 4.69) is 13.8 Å². The van der Waals surface area contributed by atoms with Gasteiger partial charge in [0.2, 0.25) is 5.91 Å². The van der Waals surface area contributed by atoms with Crippen molar-refractivity contribution < 1.29 is 4.79 Å². The number of carbonyl (C=O) groups is 1. The fourth-order valence-corrected chi connectivity index (χ4v) is 1.37. The third-order valence-corrected chi connectivity index (χ3v) is 1.98. The second-order valence-corrected chi connectivity index (χ2v) is 4.70. The molecule has 0 aliphatic heterocycles. The van der Waals surface area contributed by atoms with Crippen LogP contribution < -0.4 is 5.73 Å². The molecule has 0 saturated heterocycles. The van der Waals surface area contributed by atoms with Crippen LogP contribution in [-0.2, 0) is 4.79 Å². The van der Waals surface area contributed by atoms with Gasteiger partial charge < -0.3 is 10.6 Å². The van der Waals surface area contributed by atoms with Gasteiger partial charge in [0.15, 0.2) is 0 Å². The van der Waals surface area contributed by atoms with Gasteiger partial charge in [-0.15, -0.1) is 0 Å². The Labute approximate surface area is 91.6 Å². The van der Waals surface area contributed by atoms with Crippen LogP contribution in [0.15, 0.2) is 0 Å². The highest BCUT2D eigenvalue weighted by Crippen LogP contribution is 2.06. The van der Waals surface area contributed by atoms with Crippen molar-refractivity contribution in [1.29, 1.82) is 0 Å². The van der Waals surface area contributed by atoms with Gasteiger partial charge in [-0.05, 0) is 19.8 Å².